The summed E-state index contributed by atoms with van der Waals surface area (Å²) in [6.07, 6.45) is 2.88. The van der Waals surface area contributed by atoms with E-state index < -0.39 is 0 Å². The molecule has 2 rings (SSSR count). The summed E-state index contributed by atoms with van der Waals surface area (Å²) in [6.45, 7) is 5.88. The van der Waals surface area contributed by atoms with Crippen molar-refractivity contribution in [2.45, 2.75) is 38.5 Å². The normalized spacial score (nSPS) is 31.0. The maximum Gasteiger partial charge on any atom is 0.140 e. The van der Waals surface area contributed by atoms with Gasteiger partial charge in [-0.15, -0.1) is 0 Å². The zero-order valence-corrected chi connectivity index (χ0v) is 9.53. The van der Waals surface area contributed by atoms with E-state index in [9.17, 15) is 0 Å². The van der Waals surface area contributed by atoms with Crippen molar-refractivity contribution < 1.29 is 4.74 Å². The van der Waals surface area contributed by atoms with Gasteiger partial charge in [-0.2, -0.15) is 5.10 Å². The molecule has 0 spiro atoms. The molecule has 1 aliphatic rings. The summed E-state index contributed by atoms with van der Waals surface area (Å²) in [5.41, 5.74) is 0.0615. The van der Waals surface area contributed by atoms with Gasteiger partial charge < -0.3 is 10.1 Å². The summed E-state index contributed by atoms with van der Waals surface area (Å²) in [6, 6.07) is 0. The molecule has 0 aromatic carbocycles. The predicted molar refractivity (Wildman–Crippen MR) is 56.3 cm³/mol. The SMILES string of the molecule is CC1OCCC1(C)NCc1ncnn1C. The monoisotopic (exact) mass is 210 g/mol. The lowest BCUT2D eigenvalue weighted by atomic mass is 9.95. The lowest BCUT2D eigenvalue weighted by Crippen LogP contribution is -2.47. The first-order valence-electron chi connectivity index (χ1n) is 5.31. The summed E-state index contributed by atoms with van der Waals surface area (Å²) >= 11 is 0. The molecule has 5 heteroatoms. The van der Waals surface area contributed by atoms with Crippen LogP contribution in [-0.4, -0.2) is 33.0 Å². The molecule has 84 valence electrons. The summed E-state index contributed by atoms with van der Waals surface area (Å²) < 4.78 is 7.35. The van der Waals surface area contributed by atoms with Gasteiger partial charge in [-0.1, -0.05) is 0 Å². The molecule has 2 heterocycles. The van der Waals surface area contributed by atoms with Crippen LogP contribution in [0.1, 0.15) is 26.1 Å². The first kappa shape index (κ1) is 10.6. The molecule has 1 aliphatic heterocycles. The molecule has 0 radical (unpaired) electrons. The van der Waals surface area contributed by atoms with Crippen LogP contribution in [0.25, 0.3) is 0 Å². The molecule has 1 N–H and O–H groups in total. The molecule has 0 aliphatic carbocycles. The Labute approximate surface area is 89.8 Å². The van der Waals surface area contributed by atoms with E-state index in [1.54, 1.807) is 11.0 Å². The highest BCUT2D eigenvalue weighted by Gasteiger charge is 2.36. The zero-order valence-electron chi connectivity index (χ0n) is 9.53. The minimum absolute atomic E-state index is 0.0615. The van der Waals surface area contributed by atoms with Crippen molar-refractivity contribution in [2.75, 3.05) is 6.61 Å². The number of nitrogens with zero attached hydrogens (tertiary/aromatic N) is 3. The van der Waals surface area contributed by atoms with Gasteiger partial charge in [-0.25, -0.2) is 4.98 Å². The molecule has 2 unspecified atom stereocenters. The highest BCUT2D eigenvalue weighted by molar-refractivity contribution is 4.95. The largest absolute Gasteiger partial charge is 0.377 e. The quantitative estimate of drug-likeness (QED) is 0.788. The van der Waals surface area contributed by atoms with Crippen molar-refractivity contribution >= 4 is 0 Å². The van der Waals surface area contributed by atoms with Crippen LogP contribution in [-0.2, 0) is 18.3 Å². The van der Waals surface area contributed by atoms with Gasteiger partial charge in [-0.05, 0) is 20.3 Å². The van der Waals surface area contributed by atoms with Crippen LogP contribution < -0.4 is 5.32 Å². The van der Waals surface area contributed by atoms with Crippen LogP contribution in [0, 0.1) is 0 Å². The van der Waals surface area contributed by atoms with Gasteiger partial charge in [-0.3, -0.25) is 4.68 Å². The molecule has 0 saturated carbocycles. The third-order valence-corrected chi connectivity index (χ3v) is 3.34. The Hall–Kier alpha value is -0.940. The van der Waals surface area contributed by atoms with Gasteiger partial charge in [0, 0.05) is 19.2 Å². The minimum Gasteiger partial charge on any atom is -0.377 e. The molecule has 1 aromatic heterocycles. The number of aryl methyl sites for hydroxylation is 1. The van der Waals surface area contributed by atoms with Crippen molar-refractivity contribution in [3.8, 4) is 0 Å². The van der Waals surface area contributed by atoms with E-state index >= 15 is 0 Å². The van der Waals surface area contributed by atoms with Crippen LogP contribution >= 0.6 is 0 Å². The van der Waals surface area contributed by atoms with Gasteiger partial charge in [0.2, 0.25) is 0 Å². The number of rotatable bonds is 3. The fourth-order valence-corrected chi connectivity index (χ4v) is 1.83. The van der Waals surface area contributed by atoms with Crippen LogP contribution in [0.15, 0.2) is 6.33 Å². The van der Waals surface area contributed by atoms with Crippen molar-refractivity contribution in [1.82, 2.24) is 20.1 Å². The standard InChI is InChI=1S/C10H18N4O/c1-8-10(2,4-5-15-8)12-6-9-11-7-13-14(9)3/h7-8,12H,4-6H2,1-3H3. The summed E-state index contributed by atoms with van der Waals surface area (Å²) in [5, 5.41) is 7.54. The minimum atomic E-state index is 0.0615. The number of aromatic nitrogens is 3. The second kappa shape index (κ2) is 3.90. The van der Waals surface area contributed by atoms with Crippen molar-refractivity contribution in [3.05, 3.63) is 12.2 Å². The van der Waals surface area contributed by atoms with Gasteiger partial charge in [0.1, 0.15) is 12.2 Å². The van der Waals surface area contributed by atoms with E-state index in [4.69, 9.17) is 4.74 Å². The molecular formula is C10H18N4O. The van der Waals surface area contributed by atoms with E-state index in [0.29, 0.717) is 0 Å². The fourth-order valence-electron chi connectivity index (χ4n) is 1.83. The Balaban J connectivity index is 1.96. The van der Waals surface area contributed by atoms with E-state index in [0.717, 1.165) is 25.4 Å². The molecule has 0 bridgehead atoms. The number of hydrogen-bond donors (Lipinski definition) is 1. The van der Waals surface area contributed by atoms with Gasteiger partial charge in [0.15, 0.2) is 0 Å². The Bertz CT molecular complexity index is 338. The van der Waals surface area contributed by atoms with Crippen LogP contribution in [0.5, 0.6) is 0 Å². The molecule has 1 aromatic rings. The van der Waals surface area contributed by atoms with Crippen LogP contribution in [0.4, 0.5) is 0 Å². The van der Waals surface area contributed by atoms with Gasteiger partial charge >= 0.3 is 0 Å². The Morgan fingerprint density at radius 3 is 3.07 bits per heavy atom. The first-order valence-corrected chi connectivity index (χ1v) is 5.31. The zero-order chi connectivity index (χ0) is 10.9. The van der Waals surface area contributed by atoms with Crippen molar-refractivity contribution in [1.29, 1.82) is 0 Å². The lowest BCUT2D eigenvalue weighted by molar-refractivity contribution is 0.0878. The molecule has 1 saturated heterocycles. The molecule has 2 atom stereocenters. The summed E-state index contributed by atoms with van der Waals surface area (Å²) in [4.78, 5) is 4.18. The predicted octanol–water partition coefficient (Wildman–Crippen LogP) is 0.472. The summed E-state index contributed by atoms with van der Waals surface area (Å²) in [5.74, 6) is 0.954. The second-order valence-corrected chi connectivity index (χ2v) is 4.33. The number of ether oxygens (including phenoxy) is 1. The average Bonchev–Trinajstić information content (AvgIpc) is 2.73. The Morgan fingerprint density at radius 2 is 2.53 bits per heavy atom. The third-order valence-electron chi connectivity index (χ3n) is 3.34. The molecule has 1 fully saturated rings. The molecule has 0 amide bonds. The van der Waals surface area contributed by atoms with E-state index in [-0.39, 0.29) is 11.6 Å². The first-order chi connectivity index (χ1) is 7.12. The van der Waals surface area contributed by atoms with E-state index in [1.807, 2.05) is 7.05 Å². The van der Waals surface area contributed by atoms with Gasteiger partial charge in [0.05, 0.1) is 12.6 Å². The van der Waals surface area contributed by atoms with Crippen molar-refractivity contribution in [3.63, 3.8) is 0 Å². The molecule has 15 heavy (non-hydrogen) atoms. The average molecular weight is 210 g/mol. The maximum atomic E-state index is 5.56. The van der Waals surface area contributed by atoms with Gasteiger partial charge in [0.25, 0.3) is 0 Å². The fraction of sp³-hybridized carbons (Fsp3) is 0.800. The highest BCUT2D eigenvalue weighted by Crippen LogP contribution is 2.25. The number of nitrogens with one attached hydrogen (secondary N) is 1. The topological polar surface area (TPSA) is 52.0 Å². The second-order valence-electron chi connectivity index (χ2n) is 4.33. The van der Waals surface area contributed by atoms with Crippen LogP contribution in [0.3, 0.4) is 0 Å². The summed E-state index contributed by atoms with van der Waals surface area (Å²) in [7, 11) is 1.90. The van der Waals surface area contributed by atoms with E-state index in [2.05, 4.69) is 29.2 Å². The number of hydrogen-bond acceptors (Lipinski definition) is 4. The highest BCUT2D eigenvalue weighted by atomic mass is 16.5. The molecular weight excluding hydrogens is 192 g/mol. The lowest BCUT2D eigenvalue weighted by Gasteiger charge is -2.28. The maximum absolute atomic E-state index is 5.56. The van der Waals surface area contributed by atoms with Crippen molar-refractivity contribution in [2.24, 2.45) is 7.05 Å². The smallest absolute Gasteiger partial charge is 0.140 e. The van der Waals surface area contributed by atoms with E-state index in [1.165, 1.54) is 0 Å². The third kappa shape index (κ3) is 2.03. The Morgan fingerprint density at radius 1 is 1.73 bits per heavy atom. The Kier molecular flexibility index (Phi) is 2.75. The van der Waals surface area contributed by atoms with Crippen LogP contribution in [0.2, 0.25) is 0 Å². The molecule has 5 nitrogen and oxygen atoms in total.